The Bertz CT molecular complexity index is 503. The third-order valence-electron chi connectivity index (χ3n) is 4.15. The number of benzene rings is 1. The van der Waals surface area contributed by atoms with Crippen LogP contribution in [0.25, 0.3) is 0 Å². The molecule has 0 aromatic heterocycles. The molecule has 1 saturated heterocycles. The lowest BCUT2D eigenvalue weighted by molar-refractivity contribution is 0.176. The minimum Gasteiger partial charge on any atom is -0.384 e. The van der Waals surface area contributed by atoms with Gasteiger partial charge in [-0.25, -0.2) is 4.39 Å². The summed E-state index contributed by atoms with van der Waals surface area (Å²) < 4.78 is 13.7. The van der Waals surface area contributed by atoms with Crippen molar-refractivity contribution in [2.75, 3.05) is 26.7 Å². The third kappa shape index (κ3) is 4.25. The summed E-state index contributed by atoms with van der Waals surface area (Å²) in [5.41, 5.74) is 6.83. The number of amidine groups is 1. The summed E-state index contributed by atoms with van der Waals surface area (Å²) in [5.74, 6) is -0.406. The standard InChI is InChI=1S/C16H25FN4/c1-3-15-11-20(2)5-4-6-21(15)10-12-7-13(16(18)19)9-14(17)8-12/h7-9,15H,3-6,10-11H2,1-2H3,(H3,18,19). The molecule has 21 heavy (non-hydrogen) atoms. The van der Waals surface area contributed by atoms with Crippen LogP contribution in [0.15, 0.2) is 18.2 Å². The predicted octanol–water partition coefficient (Wildman–Crippen LogP) is 2.03. The van der Waals surface area contributed by atoms with E-state index in [4.69, 9.17) is 11.1 Å². The molecule has 1 heterocycles. The van der Waals surface area contributed by atoms with Crippen molar-refractivity contribution in [3.8, 4) is 0 Å². The molecule has 1 aliphatic heterocycles. The molecule has 4 nitrogen and oxygen atoms in total. The average molecular weight is 292 g/mol. The SMILES string of the molecule is CCC1CN(C)CCCN1Cc1cc(F)cc(C(=N)N)c1. The largest absolute Gasteiger partial charge is 0.384 e. The summed E-state index contributed by atoms with van der Waals surface area (Å²) in [6.45, 7) is 6.09. The number of nitrogens with one attached hydrogen (secondary N) is 1. The lowest BCUT2D eigenvalue weighted by atomic mass is 10.1. The molecule has 1 atom stereocenters. The Labute approximate surface area is 126 Å². The summed E-state index contributed by atoms with van der Waals surface area (Å²) in [6.07, 6.45) is 2.21. The first-order valence-corrected chi connectivity index (χ1v) is 7.56. The van der Waals surface area contributed by atoms with Crippen molar-refractivity contribution in [1.29, 1.82) is 5.41 Å². The highest BCUT2D eigenvalue weighted by atomic mass is 19.1. The van der Waals surface area contributed by atoms with E-state index in [0.29, 0.717) is 18.2 Å². The molecule has 1 unspecified atom stereocenters. The second-order valence-electron chi connectivity index (χ2n) is 5.91. The Balaban J connectivity index is 2.17. The van der Waals surface area contributed by atoms with Crippen molar-refractivity contribution in [2.24, 2.45) is 5.73 Å². The number of nitrogen functional groups attached to an aromatic ring is 1. The van der Waals surface area contributed by atoms with Gasteiger partial charge in [-0.15, -0.1) is 0 Å². The molecule has 1 aromatic carbocycles. The van der Waals surface area contributed by atoms with Gasteiger partial charge in [0, 0.05) is 31.2 Å². The van der Waals surface area contributed by atoms with Crippen molar-refractivity contribution in [1.82, 2.24) is 9.80 Å². The maximum absolute atomic E-state index is 13.7. The molecular weight excluding hydrogens is 267 g/mol. The van der Waals surface area contributed by atoms with Crippen LogP contribution in [0.2, 0.25) is 0 Å². The van der Waals surface area contributed by atoms with Crippen LogP contribution < -0.4 is 5.73 Å². The van der Waals surface area contributed by atoms with Crippen LogP contribution in [0, 0.1) is 11.2 Å². The monoisotopic (exact) mass is 292 g/mol. The van der Waals surface area contributed by atoms with E-state index in [-0.39, 0.29) is 11.7 Å². The van der Waals surface area contributed by atoms with Crippen LogP contribution in [-0.2, 0) is 6.54 Å². The van der Waals surface area contributed by atoms with Gasteiger partial charge in [0.15, 0.2) is 0 Å². The summed E-state index contributed by atoms with van der Waals surface area (Å²) in [4.78, 5) is 4.78. The average Bonchev–Trinajstić information content (AvgIpc) is 2.59. The van der Waals surface area contributed by atoms with Gasteiger partial charge in [0.1, 0.15) is 11.7 Å². The van der Waals surface area contributed by atoms with Gasteiger partial charge in [0.05, 0.1) is 0 Å². The molecule has 0 saturated carbocycles. The Hall–Kier alpha value is -1.46. The van der Waals surface area contributed by atoms with Crippen LogP contribution in [0.1, 0.15) is 30.9 Å². The number of rotatable bonds is 4. The van der Waals surface area contributed by atoms with Gasteiger partial charge in [-0.1, -0.05) is 6.92 Å². The smallest absolute Gasteiger partial charge is 0.124 e. The highest BCUT2D eigenvalue weighted by molar-refractivity contribution is 5.95. The fourth-order valence-corrected chi connectivity index (χ4v) is 3.02. The normalized spacial score (nSPS) is 21.2. The molecule has 116 valence electrons. The molecule has 1 aromatic rings. The fourth-order valence-electron chi connectivity index (χ4n) is 3.02. The van der Waals surface area contributed by atoms with Gasteiger partial charge < -0.3 is 10.6 Å². The minimum atomic E-state index is -0.322. The van der Waals surface area contributed by atoms with E-state index in [9.17, 15) is 4.39 Å². The lowest BCUT2D eigenvalue weighted by Crippen LogP contribution is -2.39. The van der Waals surface area contributed by atoms with Crippen molar-refractivity contribution < 1.29 is 4.39 Å². The first kappa shape index (κ1) is 15.9. The van der Waals surface area contributed by atoms with Crippen molar-refractivity contribution >= 4 is 5.84 Å². The van der Waals surface area contributed by atoms with Crippen LogP contribution in [-0.4, -0.2) is 48.4 Å². The van der Waals surface area contributed by atoms with E-state index >= 15 is 0 Å². The van der Waals surface area contributed by atoms with E-state index < -0.39 is 0 Å². The zero-order valence-corrected chi connectivity index (χ0v) is 12.9. The maximum Gasteiger partial charge on any atom is 0.124 e. The lowest BCUT2D eigenvalue weighted by Gasteiger charge is -2.30. The summed E-state index contributed by atoms with van der Waals surface area (Å²) in [7, 11) is 2.15. The number of hydrogen-bond acceptors (Lipinski definition) is 3. The summed E-state index contributed by atoms with van der Waals surface area (Å²) >= 11 is 0. The maximum atomic E-state index is 13.7. The first-order valence-electron chi connectivity index (χ1n) is 7.56. The highest BCUT2D eigenvalue weighted by Crippen LogP contribution is 2.17. The van der Waals surface area contributed by atoms with Gasteiger partial charge >= 0.3 is 0 Å². The number of likely N-dealkylation sites (N-methyl/N-ethyl adjacent to an activating group) is 1. The van der Waals surface area contributed by atoms with Gasteiger partial charge in [0.25, 0.3) is 0 Å². The topological polar surface area (TPSA) is 56.4 Å². The Kier molecular flexibility index (Phi) is 5.31. The Morgan fingerprint density at radius 2 is 2.14 bits per heavy atom. The molecule has 0 radical (unpaired) electrons. The number of hydrogen-bond donors (Lipinski definition) is 2. The molecule has 5 heteroatoms. The minimum absolute atomic E-state index is 0.0848. The zero-order chi connectivity index (χ0) is 15.4. The van der Waals surface area contributed by atoms with Crippen LogP contribution in [0.5, 0.6) is 0 Å². The third-order valence-corrected chi connectivity index (χ3v) is 4.15. The van der Waals surface area contributed by atoms with Crippen molar-refractivity contribution in [3.63, 3.8) is 0 Å². The van der Waals surface area contributed by atoms with E-state index in [2.05, 4.69) is 23.8 Å². The van der Waals surface area contributed by atoms with Gasteiger partial charge in [0.2, 0.25) is 0 Å². The number of nitrogens with two attached hydrogens (primary N) is 1. The second-order valence-corrected chi connectivity index (χ2v) is 5.91. The summed E-state index contributed by atoms with van der Waals surface area (Å²) in [6, 6.07) is 5.18. The molecule has 2 rings (SSSR count). The summed E-state index contributed by atoms with van der Waals surface area (Å²) in [5, 5.41) is 7.48. The van der Waals surface area contributed by atoms with Gasteiger partial charge in [-0.3, -0.25) is 10.3 Å². The van der Waals surface area contributed by atoms with Crippen LogP contribution in [0.4, 0.5) is 4.39 Å². The van der Waals surface area contributed by atoms with E-state index in [1.54, 1.807) is 6.07 Å². The first-order chi connectivity index (χ1) is 9.99. The van der Waals surface area contributed by atoms with E-state index in [1.165, 1.54) is 6.07 Å². The molecule has 0 spiro atoms. The zero-order valence-electron chi connectivity index (χ0n) is 12.9. The molecule has 1 fully saturated rings. The number of nitrogens with zero attached hydrogens (tertiary/aromatic N) is 2. The molecule has 0 bridgehead atoms. The predicted molar refractivity (Wildman–Crippen MR) is 84.0 cm³/mol. The Morgan fingerprint density at radius 3 is 2.81 bits per heavy atom. The van der Waals surface area contributed by atoms with Crippen molar-refractivity contribution in [2.45, 2.75) is 32.4 Å². The second kappa shape index (κ2) is 7.00. The number of halogens is 1. The van der Waals surface area contributed by atoms with Crippen LogP contribution >= 0.6 is 0 Å². The Morgan fingerprint density at radius 1 is 1.38 bits per heavy atom. The van der Waals surface area contributed by atoms with Gasteiger partial charge in [-0.2, -0.15) is 0 Å². The fraction of sp³-hybridized carbons (Fsp3) is 0.562. The van der Waals surface area contributed by atoms with Gasteiger partial charge in [-0.05, 0) is 50.2 Å². The quantitative estimate of drug-likeness (QED) is 0.659. The van der Waals surface area contributed by atoms with E-state index in [1.807, 2.05) is 6.07 Å². The molecular formula is C16H25FN4. The molecule has 0 aliphatic carbocycles. The van der Waals surface area contributed by atoms with Crippen LogP contribution in [0.3, 0.4) is 0 Å². The van der Waals surface area contributed by atoms with E-state index in [0.717, 1.165) is 38.0 Å². The molecule has 1 aliphatic rings. The highest BCUT2D eigenvalue weighted by Gasteiger charge is 2.22. The van der Waals surface area contributed by atoms with Crippen molar-refractivity contribution in [3.05, 3.63) is 35.1 Å². The molecule has 3 N–H and O–H groups in total. The molecule has 0 amide bonds.